The smallest absolute Gasteiger partial charge is 0.337 e. The van der Waals surface area contributed by atoms with E-state index in [0.717, 1.165) is 34.7 Å². The third-order valence-electron chi connectivity index (χ3n) is 6.57. The molecule has 28 heavy (non-hydrogen) atoms. The molecule has 1 aromatic rings. The van der Waals surface area contributed by atoms with E-state index in [2.05, 4.69) is 31.5 Å². The Morgan fingerprint density at radius 3 is 2.21 bits per heavy atom. The van der Waals surface area contributed by atoms with Crippen LogP contribution in [-0.4, -0.2) is 41.1 Å². The molecule has 1 saturated carbocycles. The van der Waals surface area contributed by atoms with E-state index in [1.165, 1.54) is 24.8 Å². The summed E-state index contributed by atoms with van der Waals surface area (Å²) in [4.78, 5) is 26.7. The maximum absolute atomic E-state index is 13.0. The number of carboxylic acid groups (broad SMARTS) is 1. The van der Waals surface area contributed by atoms with Gasteiger partial charge in [-0.2, -0.15) is 0 Å². The molecule has 0 bridgehead atoms. The lowest BCUT2D eigenvalue weighted by molar-refractivity contribution is -0.146. The number of aliphatic carboxylic acids is 1. The minimum Gasteiger partial charge on any atom is -0.479 e. The summed E-state index contributed by atoms with van der Waals surface area (Å²) in [5.74, 6) is -1.09. The van der Waals surface area contributed by atoms with Gasteiger partial charge in [-0.1, -0.05) is 44.1 Å². The van der Waals surface area contributed by atoms with Gasteiger partial charge in [0.2, 0.25) is 5.91 Å². The zero-order chi connectivity index (χ0) is 20.8. The summed E-state index contributed by atoms with van der Waals surface area (Å²) in [5, 5.41) is 21.0. The number of carbonyl (C=O) groups excluding carboxylic acids is 1. The number of fused-ring (bicyclic) bond motifs is 1. The molecule has 154 valence electrons. The van der Waals surface area contributed by atoms with Crippen LogP contribution >= 0.6 is 0 Å². The molecule has 1 heterocycles. The summed E-state index contributed by atoms with van der Waals surface area (Å²) < 4.78 is 0. The summed E-state index contributed by atoms with van der Waals surface area (Å²) in [5.41, 5.74) is 4.53. The fourth-order valence-electron chi connectivity index (χ4n) is 5.28. The monoisotopic (exact) mass is 403 g/mol. The van der Waals surface area contributed by atoms with Crippen LogP contribution in [0.2, 0.25) is 19.6 Å². The molecule has 3 rings (SSSR count). The number of aliphatic hydroxyl groups is 1. The number of hydrogen-bond acceptors (Lipinski definition) is 3. The highest BCUT2D eigenvalue weighted by Gasteiger charge is 2.37. The Kier molecular flexibility index (Phi) is 5.74. The minimum absolute atomic E-state index is 0.137. The Bertz CT molecular complexity index is 806. The van der Waals surface area contributed by atoms with Crippen molar-refractivity contribution in [3.8, 4) is 0 Å². The first-order valence-electron chi connectivity index (χ1n) is 10.4. The second-order valence-electron chi connectivity index (χ2n) is 9.48. The number of carboxylic acids is 1. The van der Waals surface area contributed by atoms with Crippen molar-refractivity contribution in [3.05, 3.63) is 27.8 Å². The summed E-state index contributed by atoms with van der Waals surface area (Å²) in [6.45, 7) is 11.1. The van der Waals surface area contributed by atoms with E-state index in [-0.39, 0.29) is 5.91 Å². The highest BCUT2D eigenvalue weighted by molar-refractivity contribution is 6.89. The fraction of sp³-hybridized carbons (Fsp3) is 0.636. The third-order valence-corrected chi connectivity index (χ3v) is 8.71. The van der Waals surface area contributed by atoms with Gasteiger partial charge in [0.25, 0.3) is 0 Å². The molecule has 0 saturated heterocycles. The van der Waals surface area contributed by atoms with Crippen LogP contribution in [0.25, 0.3) is 0 Å². The molecule has 1 aromatic carbocycles. The molecule has 2 aliphatic rings. The zero-order valence-corrected chi connectivity index (χ0v) is 18.8. The van der Waals surface area contributed by atoms with Gasteiger partial charge in [0.1, 0.15) is 0 Å². The van der Waals surface area contributed by atoms with Gasteiger partial charge in [0.05, 0.1) is 14.5 Å². The molecule has 1 amide bonds. The highest BCUT2D eigenvalue weighted by atomic mass is 28.3. The van der Waals surface area contributed by atoms with Gasteiger partial charge in [-0.3, -0.25) is 4.79 Å². The molecule has 0 spiro atoms. The largest absolute Gasteiger partial charge is 0.479 e. The van der Waals surface area contributed by atoms with Crippen LogP contribution in [-0.2, 0) is 22.6 Å². The van der Waals surface area contributed by atoms with E-state index in [4.69, 9.17) is 0 Å². The van der Waals surface area contributed by atoms with Crippen LogP contribution in [0.15, 0.2) is 0 Å². The number of aliphatic hydroxyl groups excluding tert-OH is 1. The minimum atomic E-state index is -1.93. The first-order chi connectivity index (χ1) is 13.0. The lowest BCUT2D eigenvalue weighted by Gasteiger charge is -2.40. The van der Waals surface area contributed by atoms with Crippen molar-refractivity contribution in [2.24, 2.45) is 0 Å². The van der Waals surface area contributed by atoms with E-state index in [0.29, 0.717) is 24.6 Å². The Hall–Kier alpha value is -1.66. The van der Waals surface area contributed by atoms with Crippen LogP contribution in [0.5, 0.6) is 0 Å². The molecule has 1 aliphatic heterocycles. The van der Waals surface area contributed by atoms with Crippen molar-refractivity contribution < 1.29 is 19.8 Å². The summed E-state index contributed by atoms with van der Waals surface area (Å²) in [6, 6.07) is 0.328. The van der Waals surface area contributed by atoms with Gasteiger partial charge in [-0.15, -0.1) is 0 Å². The Labute approximate surface area is 168 Å². The molecule has 1 aliphatic carbocycles. The summed E-state index contributed by atoms with van der Waals surface area (Å²) in [6.07, 6.45) is 4.54. The molecule has 2 N–H and O–H groups in total. The van der Waals surface area contributed by atoms with Gasteiger partial charge in [-0.25, -0.2) is 4.79 Å². The first kappa shape index (κ1) is 21.1. The highest BCUT2D eigenvalue weighted by Crippen LogP contribution is 2.35. The summed E-state index contributed by atoms with van der Waals surface area (Å²) >= 11 is 0. The molecule has 5 nitrogen and oxygen atoms in total. The molecule has 6 heteroatoms. The van der Waals surface area contributed by atoms with Gasteiger partial charge in [-0.05, 0) is 54.5 Å². The number of rotatable bonds is 4. The van der Waals surface area contributed by atoms with Crippen LogP contribution < -0.4 is 5.19 Å². The predicted molar refractivity (Wildman–Crippen MR) is 113 cm³/mol. The molecular formula is C22H33NO4Si. The Balaban J connectivity index is 2.16. The van der Waals surface area contributed by atoms with Gasteiger partial charge in [0, 0.05) is 12.6 Å². The number of hydrogen-bond donors (Lipinski definition) is 2. The maximum Gasteiger partial charge on any atom is 0.337 e. The van der Waals surface area contributed by atoms with E-state index in [1.807, 2.05) is 6.92 Å². The van der Waals surface area contributed by atoms with Gasteiger partial charge >= 0.3 is 5.97 Å². The zero-order valence-electron chi connectivity index (χ0n) is 17.8. The lowest BCUT2D eigenvalue weighted by Crippen LogP contribution is -2.49. The predicted octanol–water partition coefficient (Wildman–Crippen LogP) is 3.18. The fourth-order valence-corrected chi connectivity index (χ4v) is 7.69. The van der Waals surface area contributed by atoms with Crippen molar-refractivity contribution in [2.75, 3.05) is 0 Å². The number of carbonyl (C=O) groups is 2. The molecule has 1 atom stereocenters. The van der Waals surface area contributed by atoms with E-state index in [1.54, 1.807) is 0 Å². The quantitative estimate of drug-likeness (QED) is 0.757. The Morgan fingerprint density at radius 2 is 1.68 bits per heavy atom. The van der Waals surface area contributed by atoms with Crippen molar-refractivity contribution in [2.45, 2.75) is 90.7 Å². The van der Waals surface area contributed by atoms with E-state index in [9.17, 15) is 19.8 Å². The Morgan fingerprint density at radius 1 is 1.07 bits per heavy atom. The topological polar surface area (TPSA) is 77.8 Å². The third kappa shape index (κ3) is 3.64. The van der Waals surface area contributed by atoms with Crippen molar-refractivity contribution >= 4 is 25.1 Å². The maximum atomic E-state index is 13.0. The normalized spacial score (nSPS) is 19.5. The molecular weight excluding hydrogens is 370 g/mol. The molecule has 1 unspecified atom stereocenters. The lowest BCUT2D eigenvalue weighted by atomic mass is 9.84. The van der Waals surface area contributed by atoms with E-state index >= 15 is 0 Å². The molecule has 0 radical (unpaired) electrons. The second-order valence-corrected chi connectivity index (χ2v) is 14.5. The van der Waals surface area contributed by atoms with E-state index < -0.39 is 20.1 Å². The number of benzene rings is 1. The van der Waals surface area contributed by atoms with Crippen LogP contribution in [0.3, 0.4) is 0 Å². The van der Waals surface area contributed by atoms with Gasteiger partial charge < -0.3 is 15.1 Å². The average Bonchev–Trinajstić information content (AvgIpc) is 2.63. The van der Waals surface area contributed by atoms with Crippen LogP contribution in [0, 0.1) is 13.8 Å². The standard InChI is InChI=1S/C22H33NO4Si/c1-13-16-11-18(24)23(15-9-7-6-8-10-15)12-17(16)14(2)21(28(3,4)5)19(13)20(25)22(26)27/h15,20,25H,6-12H2,1-5H3,(H,26,27). The average molecular weight is 404 g/mol. The van der Waals surface area contributed by atoms with Crippen LogP contribution in [0.1, 0.15) is 66.0 Å². The van der Waals surface area contributed by atoms with Gasteiger partial charge in [0.15, 0.2) is 6.10 Å². The SMILES string of the molecule is Cc1c2c(c(C)c([Si](C)(C)C)c1C(O)C(=O)O)CN(C1CCCCC1)C(=O)C2. The second kappa shape index (κ2) is 7.63. The first-order valence-corrected chi connectivity index (χ1v) is 13.9. The number of nitrogens with zero attached hydrogens (tertiary/aromatic N) is 1. The molecule has 0 aromatic heterocycles. The van der Waals surface area contributed by atoms with Crippen LogP contribution in [0.4, 0.5) is 0 Å². The number of amides is 1. The van der Waals surface area contributed by atoms with Crippen molar-refractivity contribution in [1.82, 2.24) is 4.90 Å². The molecule has 1 fully saturated rings. The van der Waals surface area contributed by atoms with Crippen molar-refractivity contribution in [3.63, 3.8) is 0 Å². The van der Waals surface area contributed by atoms with Crippen molar-refractivity contribution in [1.29, 1.82) is 0 Å². The summed E-state index contributed by atoms with van der Waals surface area (Å²) in [7, 11) is -1.93.